The summed E-state index contributed by atoms with van der Waals surface area (Å²) in [5.41, 5.74) is 7.98. The first-order chi connectivity index (χ1) is 30.6. The zero-order valence-electron chi connectivity index (χ0n) is 36.7. The second kappa shape index (κ2) is 29.3. The third-order valence-corrected chi connectivity index (χ3v) is 9.70. The fourth-order valence-electron chi connectivity index (χ4n) is 6.65. The maximum absolute atomic E-state index is 11.6. The minimum atomic E-state index is -1.13. The number of nitrogens with two attached hydrogens (primary N) is 1. The Balaban J connectivity index is 0.000000438. The summed E-state index contributed by atoms with van der Waals surface area (Å²) in [5, 5.41) is 59.8. The highest BCUT2D eigenvalue weighted by molar-refractivity contribution is 6.01. The Kier molecular flexibility index (Phi) is 25.2. The number of aliphatic carboxylic acids is 1. The van der Waals surface area contributed by atoms with Gasteiger partial charge in [0.1, 0.15) is 11.6 Å². The first-order valence-corrected chi connectivity index (χ1v) is 20.1. The van der Waals surface area contributed by atoms with Crippen LogP contribution in [0.15, 0.2) is 121 Å². The number of aliphatic hydroxyl groups is 2. The summed E-state index contributed by atoms with van der Waals surface area (Å²) < 4.78 is 4.94. The predicted octanol–water partition coefficient (Wildman–Crippen LogP) is 5.01. The molecule has 350 valence electrons. The van der Waals surface area contributed by atoms with Gasteiger partial charge in [0, 0.05) is 28.2 Å². The van der Waals surface area contributed by atoms with E-state index in [-0.39, 0.29) is 18.1 Å². The molecule has 0 radical (unpaired) electrons. The lowest BCUT2D eigenvalue weighted by molar-refractivity contribution is -0.485. The van der Waals surface area contributed by atoms with E-state index in [0.717, 1.165) is 5.56 Å². The molecule has 5 N–H and O–H groups in total. The van der Waals surface area contributed by atoms with Gasteiger partial charge in [0.25, 0.3) is 0 Å². The van der Waals surface area contributed by atoms with Crippen LogP contribution in [-0.2, 0) is 28.7 Å². The predicted molar refractivity (Wildman–Crippen MR) is 238 cm³/mol. The number of Topliss-reactive ketones (excluding diaryl/α,β-unsaturated/α-hetero) is 3. The molecular weight excluding hydrogens is 849 g/mol. The normalized spacial score (nSPS) is 13.6. The van der Waals surface area contributed by atoms with Crippen molar-refractivity contribution >= 4 is 29.3 Å². The minimum Gasteiger partial charge on any atom is -0.481 e. The molecule has 0 spiro atoms. The summed E-state index contributed by atoms with van der Waals surface area (Å²) in [6, 6.07) is 34.9. The first-order valence-electron chi connectivity index (χ1n) is 20.1. The largest absolute Gasteiger partial charge is 0.481 e. The maximum Gasteiger partial charge on any atom is 0.312 e. The molecule has 0 bridgehead atoms. The smallest absolute Gasteiger partial charge is 0.312 e. The standard InChI is InChI=1S/C13H15NO5.C13H15NO4.C11H15NO4.C9H11NO2/c1-9(15)13(19-10(2)16)12(8-14(17)18)11-6-4-3-5-7-11;1-9(15)13(10(2)16)12(8-14(17)18)11-6-4-3-5-7-11;1-8(13)11(14)10(7-12(15)16)9-5-3-2-4-6-9;10-6-8(9(11)12)7-4-2-1-3-5-7/h3-7,12-13H,8H2,1-2H3;3-7,12-13H,8H2,1-2H3;2-6,8,10-11,13-14H,7H2,1H3;1-5,8H,6,10H2,(H,11,12)/t12-,13?;12-;8?,10-,11?;/m000./s1. The molecule has 0 fully saturated rings. The average molecular weight is 905 g/mol. The van der Waals surface area contributed by atoms with Crippen molar-refractivity contribution in [2.45, 2.75) is 76.6 Å². The molecule has 4 aromatic carbocycles. The van der Waals surface area contributed by atoms with Crippen LogP contribution in [0.4, 0.5) is 0 Å². The lowest BCUT2D eigenvalue weighted by Gasteiger charge is -2.22. The number of benzene rings is 4. The summed E-state index contributed by atoms with van der Waals surface area (Å²) in [6.07, 6.45) is -3.26. The fourth-order valence-corrected chi connectivity index (χ4v) is 6.65. The van der Waals surface area contributed by atoms with E-state index < -0.39 is 100 Å². The summed E-state index contributed by atoms with van der Waals surface area (Å²) in [6.45, 7) is 5.28. The van der Waals surface area contributed by atoms with Gasteiger partial charge in [-0.05, 0) is 49.9 Å². The maximum atomic E-state index is 11.6. The summed E-state index contributed by atoms with van der Waals surface area (Å²) in [4.78, 5) is 86.8. The van der Waals surface area contributed by atoms with E-state index in [1.54, 1.807) is 115 Å². The van der Waals surface area contributed by atoms with Crippen molar-refractivity contribution in [1.82, 2.24) is 0 Å². The van der Waals surface area contributed by atoms with E-state index in [2.05, 4.69) is 0 Å². The number of hydrogen-bond acceptors (Lipinski definition) is 15. The molecule has 4 aromatic rings. The third-order valence-electron chi connectivity index (χ3n) is 9.70. The Morgan fingerprint density at radius 2 is 0.877 bits per heavy atom. The number of esters is 1. The number of aliphatic hydroxyl groups excluding tert-OH is 2. The number of rotatable bonds is 20. The molecule has 7 atom stereocenters. The van der Waals surface area contributed by atoms with Gasteiger partial charge in [-0.2, -0.15) is 0 Å². The van der Waals surface area contributed by atoms with Crippen LogP contribution in [0.1, 0.15) is 80.5 Å². The molecule has 19 heteroatoms. The van der Waals surface area contributed by atoms with Gasteiger partial charge in [-0.1, -0.05) is 121 Å². The monoisotopic (exact) mass is 904 g/mol. The molecule has 19 nitrogen and oxygen atoms in total. The number of carboxylic acid groups (broad SMARTS) is 1. The van der Waals surface area contributed by atoms with E-state index in [4.69, 9.17) is 15.6 Å². The number of ether oxygens (including phenoxy) is 1. The van der Waals surface area contributed by atoms with E-state index in [1.807, 2.05) is 6.07 Å². The fraction of sp³-hybridized carbons (Fsp3) is 0.370. The number of hydrogen-bond donors (Lipinski definition) is 4. The van der Waals surface area contributed by atoms with Crippen molar-refractivity contribution in [2.24, 2.45) is 11.7 Å². The van der Waals surface area contributed by atoms with Crippen LogP contribution < -0.4 is 5.73 Å². The van der Waals surface area contributed by atoms with Crippen molar-refractivity contribution in [1.29, 1.82) is 0 Å². The molecular formula is C46H56N4O15. The highest BCUT2D eigenvalue weighted by Gasteiger charge is 2.35. The van der Waals surface area contributed by atoms with Gasteiger partial charge in [-0.25, -0.2) is 0 Å². The lowest BCUT2D eigenvalue weighted by Crippen LogP contribution is -2.35. The average Bonchev–Trinajstić information content (AvgIpc) is 3.25. The van der Waals surface area contributed by atoms with E-state index in [1.165, 1.54) is 34.6 Å². The van der Waals surface area contributed by atoms with Gasteiger partial charge in [-0.15, -0.1) is 0 Å². The number of carbonyl (C=O) groups excluding carboxylic acids is 4. The summed E-state index contributed by atoms with van der Waals surface area (Å²) in [7, 11) is 0. The van der Waals surface area contributed by atoms with Gasteiger partial charge in [0.15, 0.2) is 11.9 Å². The van der Waals surface area contributed by atoms with E-state index in [0.29, 0.717) is 16.7 Å². The number of carbonyl (C=O) groups is 5. The summed E-state index contributed by atoms with van der Waals surface area (Å²) >= 11 is 0. The zero-order valence-corrected chi connectivity index (χ0v) is 36.7. The summed E-state index contributed by atoms with van der Waals surface area (Å²) in [5.74, 6) is -6.27. The number of carboxylic acids is 1. The van der Waals surface area contributed by atoms with E-state index >= 15 is 0 Å². The number of nitro groups is 3. The Morgan fingerprint density at radius 3 is 1.17 bits per heavy atom. The minimum absolute atomic E-state index is 0.138. The molecule has 4 unspecified atom stereocenters. The van der Waals surface area contributed by atoms with Crippen molar-refractivity contribution in [3.05, 3.63) is 174 Å². The second-order valence-electron chi connectivity index (χ2n) is 14.7. The molecule has 4 rings (SSSR count). The molecule has 65 heavy (non-hydrogen) atoms. The van der Waals surface area contributed by atoms with Crippen LogP contribution in [0.2, 0.25) is 0 Å². The van der Waals surface area contributed by atoms with Gasteiger partial charge < -0.3 is 25.8 Å². The van der Waals surface area contributed by atoms with Crippen molar-refractivity contribution in [3.63, 3.8) is 0 Å². The highest BCUT2D eigenvalue weighted by atomic mass is 16.6. The number of nitrogens with zero attached hydrogens (tertiary/aromatic N) is 3. The van der Waals surface area contributed by atoms with Gasteiger partial charge in [-0.3, -0.25) is 54.3 Å². The Bertz CT molecular complexity index is 2110. The molecule has 0 amide bonds. The second-order valence-corrected chi connectivity index (χ2v) is 14.7. The Labute approximate surface area is 375 Å². The van der Waals surface area contributed by atoms with Gasteiger partial charge in [0.05, 0.1) is 41.8 Å². The first kappa shape index (κ1) is 55.9. The molecule has 0 aliphatic heterocycles. The van der Waals surface area contributed by atoms with Gasteiger partial charge in [0.2, 0.25) is 19.6 Å². The molecule has 0 heterocycles. The van der Waals surface area contributed by atoms with Crippen molar-refractivity contribution in [2.75, 3.05) is 26.2 Å². The quantitative estimate of drug-likeness (QED) is 0.0392. The van der Waals surface area contributed by atoms with Crippen LogP contribution >= 0.6 is 0 Å². The SMILES string of the molecule is CC(=O)C(C(C)=O)[C@@H](C[N+](=O)[O-])c1ccccc1.CC(=O)OC(C(C)=O)[C@@H](C[N+](=O)[O-])c1ccccc1.CC(O)C(O)[C@@H](C[N+](=O)[O-])c1ccccc1.NCC(C(=O)O)c1ccccc1. The number of ketones is 3. The molecule has 0 saturated heterocycles. The highest BCUT2D eigenvalue weighted by Crippen LogP contribution is 2.27. The van der Waals surface area contributed by atoms with Crippen LogP contribution in [-0.4, -0.2) is 104 Å². The van der Waals surface area contributed by atoms with Crippen LogP contribution in [0.5, 0.6) is 0 Å². The van der Waals surface area contributed by atoms with Crippen LogP contribution in [0.3, 0.4) is 0 Å². The van der Waals surface area contributed by atoms with Gasteiger partial charge >= 0.3 is 11.9 Å². The van der Waals surface area contributed by atoms with Crippen LogP contribution in [0, 0.1) is 36.3 Å². The molecule has 0 aromatic heterocycles. The Hall–Kier alpha value is -7.09. The topological polar surface area (TPSA) is 311 Å². The van der Waals surface area contributed by atoms with E-state index in [9.17, 15) is 64.5 Å². The molecule has 0 aliphatic rings. The van der Waals surface area contributed by atoms with Crippen LogP contribution in [0.25, 0.3) is 0 Å². The van der Waals surface area contributed by atoms with Crippen molar-refractivity contribution < 1.29 is 58.8 Å². The van der Waals surface area contributed by atoms with Crippen molar-refractivity contribution in [3.8, 4) is 0 Å². The zero-order chi connectivity index (χ0) is 49.2. The molecule has 0 saturated carbocycles. The Morgan fingerprint density at radius 1 is 0.554 bits per heavy atom. The molecule has 0 aliphatic carbocycles. The lowest BCUT2D eigenvalue weighted by atomic mass is 9.81. The third kappa shape index (κ3) is 20.8.